The molecule has 1 aromatic rings. The molecule has 0 aromatic heterocycles. The van der Waals surface area contributed by atoms with Gasteiger partial charge in [-0.05, 0) is 55.4 Å². The Morgan fingerprint density at radius 1 is 1.14 bits per heavy atom. The van der Waals surface area contributed by atoms with E-state index in [0.29, 0.717) is 12.1 Å². The van der Waals surface area contributed by atoms with E-state index in [0.717, 1.165) is 25.3 Å². The van der Waals surface area contributed by atoms with E-state index in [4.69, 9.17) is 9.47 Å². The van der Waals surface area contributed by atoms with Crippen LogP contribution in [0.25, 0.3) is 0 Å². The van der Waals surface area contributed by atoms with E-state index in [-0.39, 0.29) is 0 Å². The highest BCUT2D eigenvalue weighted by molar-refractivity contribution is 5.37. The Kier molecular flexibility index (Phi) is 5.15. The van der Waals surface area contributed by atoms with E-state index in [1.165, 1.54) is 49.7 Å². The highest BCUT2D eigenvalue weighted by atomic mass is 16.5. The van der Waals surface area contributed by atoms with Crippen molar-refractivity contribution in [2.75, 3.05) is 20.3 Å². The van der Waals surface area contributed by atoms with E-state index in [2.05, 4.69) is 23.5 Å². The van der Waals surface area contributed by atoms with Crippen LogP contribution in [0.1, 0.15) is 43.2 Å². The predicted octanol–water partition coefficient (Wildman–Crippen LogP) is 3.10. The molecule has 116 valence electrons. The second-order valence-corrected chi connectivity index (χ2v) is 6.31. The molecule has 0 heterocycles. The summed E-state index contributed by atoms with van der Waals surface area (Å²) in [7, 11) is 1.74. The normalized spacial score (nSPS) is 22.2. The van der Waals surface area contributed by atoms with Crippen molar-refractivity contribution >= 4 is 0 Å². The first-order valence-corrected chi connectivity index (χ1v) is 8.36. The van der Waals surface area contributed by atoms with Crippen molar-refractivity contribution in [3.8, 4) is 5.75 Å². The lowest BCUT2D eigenvalue weighted by Gasteiger charge is -2.26. The van der Waals surface area contributed by atoms with Crippen LogP contribution in [0.5, 0.6) is 5.75 Å². The van der Waals surface area contributed by atoms with Crippen LogP contribution in [0.3, 0.4) is 0 Å². The van der Waals surface area contributed by atoms with Crippen molar-refractivity contribution in [3.63, 3.8) is 0 Å². The summed E-state index contributed by atoms with van der Waals surface area (Å²) in [6.07, 6.45) is 9.24. The maximum absolute atomic E-state index is 5.92. The third kappa shape index (κ3) is 3.98. The number of benzene rings is 1. The zero-order chi connectivity index (χ0) is 14.5. The minimum Gasteiger partial charge on any atom is -0.497 e. The highest BCUT2D eigenvalue weighted by Gasteiger charge is 2.19. The van der Waals surface area contributed by atoms with Gasteiger partial charge in [-0.2, -0.15) is 0 Å². The van der Waals surface area contributed by atoms with Crippen LogP contribution in [0, 0.1) is 0 Å². The first-order valence-electron chi connectivity index (χ1n) is 8.36. The number of rotatable bonds is 6. The monoisotopic (exact) mass is 289 g/mol. The summed E-state index contributed by atoms with van der Waals surface area (Å²) in [5.74, 6) is 0.971. The molecule has 21 heavy (non-hydrogen) atoms. The van der Waals surface area contributed by atoms with Gasteiger partial charge in [-0.1, -0.05) is 18.9 Å². The number of hydrogen-bond donors (Lipinski definition) is 1. The number of fused-ring (bicyclic) bond motifs is 1. The van der Waals surface area contributed by atoms with Crippen LogP contribution in [0.2, 0.25) is 0 Å². The lowest BCUT2D eigenvalue weighted by atomic mass is 9.88. The number of methoxy groups -OCH3 is 1. The molecule has 2 aliphatic carbocycles. The molecule has 0 saturated heterocycles. The number of aryl methyl sites for hydroxylation is 1. The van der Waals surface area contributed by atoms with Crippen molar-refractivity contribution in [2.45, 2.75) is 57.1 Å². The van der Waals surface area contributed by atoms with Gasteiger partial charge >= 0.3 is 0 Å². The van der Waals surface area contributed by atoms with Gasteiger partial charge in [0.25, 0.3) is 0 Å². The smallest absolute Gasteiger partial charge is 0.119 e. The highest BCUT2D eigenvalue weighted by Crippen LogP contribution is 2.25. The topological polar surface area (TPSA) is 30.5 Å². The van der Waals surface area contributed by atoms with Gasteiger partial charge in [-0.25, -0.2) is 0 Å². The summed E-state index contributed by atoms with van der Waals surface area (Å²) in [6, 6.07) is 7.06. The average Bonchev–Trinajstić information content (AvgIpc) is 3.04. The fraction of sp³-hybridized carbons (Fsp3) is 0.667. The Hall–Kier alpha value is -1.06. The quantitative estimate of drug-likeness (QED) is 0.816. The van der Waals surface area contributed by atoms with E-state index < -0.39 is 0 Å². The Bertz CT molecular complexity index is 455. The molecule has 1 saturated carbocycles. The summed E-state index contributed by atoms with van der Waals surface area (Å²) >= 11 is 0. The van der Waals surface area contributed by atoms with Crippen LogP contribution < -0.4 is 10.1 Å². The molecular weight excluding hydrogens is 262 g/mol. The van der Waals surface area contributed by atoms with Gasteiger partial charge in [0.15, 0.2) is 0 Å². The molecular formula is C18H27NO2. The summed E-state index contributed by atoms with van der Waals surface area (Å²) in [4.78, 5) is 0. The van der Waals surface area contributed by atoms with Crippen LogP contribution in [-0.4, -0.2) is 32.4 Å². The maximum atomic E-state index is 5.92. The molecule has 0 radical (unpaired) electrons. The summed E-state index contributed by atoms with van der Waals surface area (Å²) in [6.45, 7) is 1.83. The fourth-order valence-corrected chi connectivity index (χ4v) is 3.58. The first-order chi connectivity index (χ1) is 10.3. The van der Waals surface area contributed by atoms with Gasteiger partial charge in [0.1, 0.15) is 5.75 Å². The second kappa shape index (κ2) is 7.28. The van der Waals surface area contributed by atoms with E-state index in [1.54, 1.807) is 7.11 Å². The van der Waals surface area contributed by atoms with E-state index in [9.17, 15) is 0 Å². The molecule has 0 bridgehead atoms. The van der Waals surface area contributed by atoms with E-state index in [1.807, 2.05) is 0 Å². The average molecular weight is 289 g/mol. The lowest BCUT2D eigenvalue weighted by molar-refractivity contribution is 0.0589. The molecule has 1 fully saturated rings. The molecule has 1 atom stereocenters. The molecule has 3 rings (SSSR count). The standard InChI is InChI=1S/C18H27NO2/c1-20-18-9-7-14-6-8-16(12-15(14)13-18)19-10-11-21-17-4-2-3-5-17/h7,9,13,16-17,19H,2-6,8,10-12H2,1H3. The summed E-state index contributed by atoms with van der Waals surface area (Å²) in [5.41, 5.74) is 2.92. The Morgan fingerprint density at radius 3 is 2.81 bits per heavy atom. The van der Waals surface area contributed by atoms with Crippen molar-refractivity contribution in [3.05, 3.63) is 29.3 Å². The van der Waals surface area contributed by atoms with Crippen molar-refractivity contribution in [1.29, 1.82) is 0 Å². The van der Waals surface area contributed by atoms with Crippen LogP contribution in [-0.2, 0) is 17.6 Å². The predicted molar refractivity (Wildman–Crippen MR) is 85.0 cm³/mol. The number of nitrogens with one attached hydrogen (secondary N) is 1. The van der Waals surface area contributed by atoms with Gasteiger partial charge in [0, 0.05) is 12.6 Å². The largest absolute Gasteiger partial charge is 0.497 e. The molecule has 3 nitrogen and oxygen atoms in total. The molecule has 0 spiro atoms. The third-order valence-corrected chi connectivity index (χ3v) is 4.83. The number of hydrogen-bond acceptors (Lipinski definition) is 3. The van der Waals surface area contributed by atoms with Gasteiger partial charge in [0.2, 0.25) is 0 Å². The minimum absolute atomic E-state index is 0.531. The van der Waals surface area contributed by atoms with Gasteiger partial charge < -0.3 is 14.8 Å². The molecule has 2 aliphatic rings. The Morgan fingerprint density at radius 2 is 2.00 bits per heavy atom. The minimum atomic E-state index is 0.531. The molecule has 0 aliphatic heterocycles. The molecule has 1 unspecified atom stereocenters. The van der Waals surface area contributed by atoms with Crippen molar-refractivity contribution in [1.82, 2.24) is 5.32 Å². The summed E-state index contributed by atoms with van der Waals surface area (Å²) < 4.78 is 11.2. The van der Waals surface area contributed by atoms with Crippen LogP contribution in [0.15, 0.2) is 18.2 Å². The second-order valence-electron chi connectivity index (χ2n) is 6.31. The van der Waals surface area contributed by atoms with Gasteiger partial charge in [0.05, 0.1) is 19.8 Å². The summed E-state index contributed by atoms with van der Waals surface area (Å²) in [5, 5.41) is 3.66. The zero-order valence-corrected chi connectivity index (χ0v) is 13.1. The fourth-order valence-electron chi connectivity index (χ4n) is 3.58. The lowest BCUT2D eigenvalue weighted by Crippen LogP contribution is -2.37. The first kappa shape index (κ1) is 14.9. The molecule has 1 N–H and O–H groups in total. The molecule has 0 amide bonds. The molecule has 3 heteroatoms. The third-order valence-electron chi connectivity index (χ3n) is 4.83. The molecule has 1 aromatic carbocycles. The zero-order valence-electron chi connectivity index (χ0n) is 13.1. The van der Waals surface area contributed by atoms with Crippen molar-refractivity contribution < 1.29 is 9.47 Å². The maximum Gasteiger partial charge on any atom is 0.119 e. The van der Waals surface area contributed by atoms with Gasteiger partial charge in [-0.15, -0.1) is 0 Å². The Balaban J connectivity index is 1.42. The van der Waals surface area contributed by atoms with Gasteiger partial charge in [-0.3, -0.25) is 0 Å². The SMILES string of the molecule is COc1ccc2c(c1)CC(NCCOC1CCCC1)CC2. The Labute approximate surface area is 128 Å². The van der Waals surface area contributed by atoms with Crippen LogP contribution in [0.4, 0.5) is 0 Å². The van der Waals surface area contributed by atoms with Crippen LogP contribution >= 0.6 is 0 Å². The van der Waals surface area contributed by atoms with Crippen molar-refractivity contribution in [2.24, 2.45) is 0 Å². The number of ether oxygens (including phenoxy) is 2. The van der Waals surface area contributed by atoms with E-state index >= 15 is 0 Å².